The van der Waals surface area contributed by atoms with Gasteiger partial charge in [-0.2, -0.15) is 0 Å². The molecule has 0 spiro atoms. The highest BCUT2D eigenvalue weighted by Gasteiger charge is 2.42. The lowest BCUT2D eigenvalue weighted by Crippen LogP contribution is -2.50. The van der Waals surface area contributed by atoms with Gasteiger partial charge in [0.15, 0.2) is 0 Å². The Bertz CT molecular complexity index is 535. The van der Waals surface area contributed by atoms with Gasteiger partial charge in [0.25, 0.3) is 0 Å². The first kappa shape index (κ1) is 18.2. The number of carbonyl (C=O) groups excluding carboxylic acids is 2. The molecular weight excluding hydrogens is 316 g/mol. The Hall–Kier alpha value is -1.62. The topological polar surface area (TPSA) is 67.4 Å². The lowest BCUT2D eigenvalue weighted by molar-refractivity contribution is -0.142. The first-order valence-corrected chi connectivity index (χ1v) is 9.69. The smallest absolute Gasteiger partial charge is 0.227 e. The van der Waals surface area contributed by atoms with Crippen molar-refractivity contribution in [2.24, 2.45) is 5.41 Å². The van der Waals surface area contributed by atoms with Crippen LogP contribution in [0.5, 0.6) is 0 Å². The number of amides is 2. The quantitative estimate of drug-likeness (QED) is 0.752. The van der Waals surface area contributed by atoms with E-state index in [1.54, 1.807) is 0 Å². The number of carbonyl (C=O) groups is 2. The Kier molecular flexibility index (Phi) is 6.29. The minimum absolute atomic E-state index is 0.0155. The average molecular weight is 346 g/mol. The number of rotatable bonds is 5. The zero-order valence-electron chi connectivity index (χ0n) is 15.0. The molecule has 3 rings (SSSR count). The number of hydrogen-bond acceptors (Lipinski definition) is 3. The minimum atomic E-state index is -0.633. The van der Waals surface area contributed by atoms with Gasteiger partial charge in [-0.25, -0.2) is 0 Å². The van der Waals surface area contributed by atoms with E-state index in [0.717, 1.165) is 38.5 Å². The van der Waals surface area contributed by atoms with Gasteiger partial charge < -0.3 is 15.4 Å². The van der Waals surface area contributed by atoms with Crippen LogP contribution < -0.4 is 10.6 Å². The predicted octanol–water partition coefficient (Wildman–Crippen LogP) is 2.62. The maximum absolute atomic E-state index is 13.0. The van der Waals surface area contributed by atoms with Crippen LogP contribution in [0.3, 0.4) is 0 Å². The molecule has 0 bridgehead atoms. The first-order valence-electron chi connectivity index (χ1n) is 9.69. The van der Waals surface area contributed by atoms with Crippen molar-refractivity contribution in [3.63, 3.8) is 0 Å². The van der Waals surface area contributed by atoms with Gasteiger partial charge >= 0.3 is 0 Å². The van der Waals surface area contributed by atoms with Crippen molar-refractivity contribution in [3.05, 3.63) is 24.3 Å². The lowest BCUT2D eigenvalue weighted by Gasteiger charge is -2.37. The molecule has 0 aromatic carbocycles. The van der Waals surface area contributed by atoms with Crippen molar-refractivity contribution in [1.29, 1.82) is 0 Å². The molecule has 2 N–H and O–H groups in total. The zero-order chi connectivity index (χ0) is 17.5. The number of allylic oxidation sites excluding steroid dienone is 2. The van der Waals surface area contributed by atoms with E-state index >= 15 is 0 Å². The maximum atomic E-state index is 13.0. The summed E-state index contributed by atoms with van der Waals surface area (Å²) in [6.07, 6.45) is 16.2. The predicted molar refractivity (Wildman–Crippen MR) is 96.9 cm³/mol. The van der Waals surface area contributed by atoms with E-state index in [1.165, 1.54) is 0 Å². The molecule has 5 heteroatoms. The van der Waals surface area contributed by atoms with Crippen LogP contribution in [0.4, 0.5) is 0 Å². The molecule has 1 fully saturated rings. The average Bonchev–Trinajstić information content (AvgIpc) is 2.64. The largest absolute Gasteiger partial charge is 0.381 e. The molecule has 1 saturated heterocycles. The first-order chi connectivity index (χ1) is 12.2. The lowest BCUT2D eigenvalue weighted by atomic mass is 9.75. The molecule has 2 amide bonds. The monoisotopic (exact) mass is 346 g/mol. The van der Waals surface area contributed by atoms with Crippen molar-refractivity contribution in [3.8, 4) is 0 Å². The van der Waals surface area contributed by atoms with Crippen LogP contribution in [0.2, 0.25) is 0 Å². The summed E-state index contributed by atoms with van der Waals surface area (Å²) >= 11 is 0. The van der Waals surface area contributed by atoms with E-state index in [-0.39, 0.29) is 30.3 Å². The highest BCUT2D eigenvalue weighted by atomic mass is 16.5. The van der Waals surface area contributed by atoms with Gasteiger partial charge in [0.1, 0.15) is 0 Å². The van der Waals surface area contributed by atoms with E-state index in [2.05, 4.69) is 34.9 Å². The van der Waals surface area contributed by atoms with Gasteiger partial charge in [-0.05, 0) is 51.4 Å². The van der Waals surface area contributed by atoms with E-state index < -0.39 is 5.41 Å². The summed E-state index contributed by atoms with van der Waals surface area (Å²) in [6, 6.07) is 0.216. The third kappa shape index (κ3) is 4.94. The third-order valence-electron chi connectivity index (χ3n) is 5.60. The van der Waals surface area contributed by atoms with Crippen LogP contribution in [-0.2, 0) is 14.3 Å². The van der Waals surface area contributed by atoms with Gasteiger partial charge in [-0.1, -0.05) is 24.3 Å². The molecule has 0 radical (unpaired) electrons. The molecule has 2 aliphatic carbocycles. The summed E-state index contributed by atoms with van der Waals surface area (Å²) in [5.74, 6) is -0.00512. The number of hydrogen-bond donors (Lipinski definition) is 2. The molecule has 25 heavy (non-hydrogen) atoms. The number of ether oxygens (including phenoxy) is 1. The van der Waals surface area contributed by atoms with E-state index in [1.807, 2.05) is 0 Å². The molecule has 2 unspecified atom stereocenters. The second-order valence-electron chi connectivity index (χ2n) is 7.54. The van der Waals surface area contributed by atoms with Crippen molar-refractivity contribution in [2.75, 3.05) is 13.2 Å². The number of nitrogens with one attached hydrogen (secondary N) is 2. The second-order valence-corrected chi connectivity index (χ2v) is 7.54. The van der Waals surface area contributed by atoms with Gasteiger partial charge in [0, 0.05) is 31.7 Å². The minimum Gasteiger partial charge on any atom is -0.381 e. The van der Waals surface area contributed by atoms with Crippen molar-refractivity contribution >= 4 is 11.8 Å². The fourth-order valence-corrected chi connectivity index (χ4v) is 4.00. The molecule has 5 nitrogen and oxygen atoms in total. The van der Waals surface area contributed by atoms with Crippen molar-refractivity contribution in [1.82, 2.24) is 10.6 Å². The Morgan fingerprint density at radius 3 is 2.12 bits per heavy atom. The SMILES string of the molecule is O=C(CC1(C(=O)NC2C=CCCC2)CCOCC1)NC1C=CCCC1. The molecule has 0 saturated carbocycles. The van der Waals surface area contributed by atoms with Gasteiger partial charge in [-0.3, -0.25) is 9.59 Å². The molecule has 1 heterocycles. The zero-order valence-corrected chi connectivity index (χ0v) is 15.0. The van der Waals surface area contributed by atoms with Gasteiger partial charge in [-0.15, -0.1) is 0 Å². The summed E-state index contributed by atoms with van der Waals surface area (Å²) in [5, 5.41) is 6.25. The van der Waals surface area contributed by atoms with Crippen LogP contribution in [0, 0.1) is 5.41 Å². The maximum Gasteiger partial charge on any atom is 0.227 e. The highest BCUT2D eigenvalue weighted by molar-refractivity contribution is 5.89. The molecule has 138 valence electrons. The molecule has 2 atom stereocenters. The van der Waals surface area contributed by atoms with Gasteiger partial charge in [0.05, 0.1) is 5.41 Å². The Labute approximate surface area is 150 Å². The Morgan fingerprint density at radius 1 is 0.960 bits per heavy atom. The van der Waals surface area contributed by atoms with Crippen LogP contribution in [0.25, 0.3) is 0 Å². The highest BCUT2D eigenvalue weighted by Crippen LogP contribution is 2.35. The fraction of sp³-hybridized carbons (Fsp3) is 0.700. The van der Waals surface area contributed by atoms with E-state index in [9.17, 15) is 9.59 Å². The fourth-order valence-electron chi connectivity index (χ4n) is 4.00. The van der Waals surface area contributed by atoms with Crippen molar-refractivity contribution < 1.29 is 14.3 Å². The summed E-state index contributed by atoms with van der Waals surface area (Å²) in [6.45, 7) is 1.09. The molecular formula is C20H30N2O3. The van der Waals surface area contributed by atoms with E-state index in [0.29, 0.717) is 26.1 Å². The van der Waals surface area contributed by atoms with Crippen LogP contribution in [0.1, 0.15) is 57.8 Å². The van der Waals surface area contributed by atoms with Crippen LogP contribution >= 0.6 is 0 Å². The van der Waals surface area contributed by atoms with E-state index in [4.69, 9.17) is 4.74 Å². The second kappa shape index (κ2) is 8.65. The summed E-state index contributed by atoms with van der Waals surface area (Å²) in [4.78, 5) is 25.6. The molecule has 0 aromatic heterocycles. The van der Waals surface area contributed by atoms with Crippen LogP contribution in [0.15, 0.2) is 24.3 Å². The van der Waals surface area contributed by atoms with Crippen LogP contribution in [-0.4, -0.2) is 37.1 Å². The summed E-state index contributed by atoms with van der Waals surface area (Å²) < 4.78 is 5.46. The normalized spacial score (nSPS) is 28.3. The molecule has 0 aromatic rings. The standard InChI is InChI=1S/C20H30N2O3/c23-18(21-16-7-3-1-4-8-16)15-20(11-13-25-14-12-20)19(24)22-17-9-5-2-6-10-17/h3,5,7,9,16-17H,1-2,4,6,8,10-15H2,(H,21,23)(H,22,24). The molecule has 3 aliphatic rings. The van der Waals surface area contributed by atoms with Crippen molar-refractivity contribution in [2.45, 2.75) is 69.9 Å². The molecule has 1 aliphatic heterocycles. The third-order valence-corrected chi connectivity index (χ3v) is 5.60. The summed E-state index contributed by atoms with van der Waals surface area (Å²) in [5.41, 5.74) is -0.633. The Morgan fingerprint density at radius 2 is 1.56 bits per heavy atom. The van der Waals surface area contributed by atoms with Gasteiger partial charge in [0.2, 0.25) is 11.8 Å². The Balaban J connectivity index is 1.62. The summed E-state index contributed by atoms with van der Waals surface area (Å²) in [7, 11) is 0.